The molecule has 0 atom stereocenters. The van der Waals surface area contributed by atoms with Crippen LogP contribution in [0.3, 0.4) is 0 Å². The Balaban J connectivity index is 1.94. The molecule has 18 heavy (non-hydrogen) atoms. The highest BCUT2D eigenvalue weighted by atomic mass is 16.5. The summed E-state index contributed by atoms with van der Waals surface area (Å²) in [7, 11) is 1.34. The van der Waals surface area contributed by atoms with Gasteiger partial charge in [0, 0.05) is 6.04 Å². The van der Waals surface area contributed by atoms with Gasteiger partial charge in [-0.2, -0.15) is 0 Å². The summed E-state index contributed by atoms with van der Waals surface area (Å²) in [5.74, 6) is 0.276. The van der Waals surface area contributed by atoms with Crippen LogP contribution in [0.2, 0.25) is 0 Å². The van der Waals surface area contributed by atoms with Gasteiger partial charge in [0.05, 0.1) is 19.5 Å². The number of ether oxygens (including phenoxy) is 1. The van der Waals surface area contributed by atoms with Gasteiger partial charge in [-0.05, 0) is 12.8 Å². The molecule has 1 aromatic heterocycles. The van der Waals surface area contributed by atoms with E-state index in [-0.39, 0.29) is 5.69 Å². The van der Waals surface area contributed by atoms with Crippen LogP contribution < -0.4 is 5.32 Å². The molecule has 5 heteroatoms. The topological polar surface area (TPSA) is 64.1 Å². The van der Waals surface area contributed by atoms with Crippen LogP contribution in [0.5, 0.6) is 0 Å². The first-order valence-corrected chi connectivity index (χ1v) is 6.46. The summed E-state index contributed by atoms with van der Waals surface area (Å²) in [6.07, 6.45) is 10.6. The van der Waals surface area contributed by atoms with E-state index in [2.05, 4.69) is 20.0 Å². The Morgan fingerprint density at radius 2 is 1.94 bits per heavy atom. The van der Waals surface area contributed by atoms with Crippen LogP contribution in [0.1, 0.15) is 49.0 Å². The summed E-state index contributed by atoms with van der Waals surface area (Å²) < 4.78 is 4.58. The third kappa shape index (κ3) is 3.42. The Morgan fingerprint density at radius 1 is 1.22 bits per heavy atom. The maximum absolute atomic E-state index is 11.2. The van der Waals surface area contributed by atoms with Gasteiger partial charge < -0.3 is 10.1 Å². The van der Waals surface area contributed by atoms with Crippen LogP contribution in [0.25, 0.3) is 0 Å². The Bertz CT molecular complexity index is 384. The lowest BCUT2D eigenvalue weighted by Crippen LogP contribution is -2.19. The van der Waals surface area contributed by atoms with Gasteiger partial charge in [0.15, 0.2) is 5.69 Å². The van der Waals surface area contributed by atoms with E-state index in [4.69, 9.17) is 0 Å². The number of methoxy groups -OCH3 is 1. The lowest BCUT2D eigenvalue weighted by atomic mass is 10.1. The van der Waals surface area contributed by atoms with Crippen LogP contribution in [0.4, 0.5) is 5.82 Å². The standard InChI is InChI=1S/C13H19N3O2/c1-18-13(17)11-8-15-12(9-14-11)16-10-6-4-2-3-5-7-10/h8-10H,2-7H2,1H3,(H,15,16). The molecule has 0 spiro atoms. The molecule has 0 saturated heterocycles. The zero-order valence-electron chi connectivity index (χ0n) is 10.7. The Kier molecular flexibility index (Phi) is 4.50. The number of esters is 1. The molecule has 0 aliphatic heterocycles. The second-order valence-corrected chi connectivity index (χ2v) is 4.61. The molecule has 1 N–H and O–H groups in total. The number of hydrogen-bond acceptors (Lipinski definition) is 5. The molecule has 1 saturated carbocycles. The van der Waals surface area contributed by atoms with Gasteiger partial charge >= 0.3 is 5.97 Å². The molecule has 0 radical (unpaired) electrons. The Labute approximate surface area is 107 Å². The van der Waals surface area contributed by atoms with E-state index in [0.717, 1.165) is 5.82 Å². The third-order valence-electron chi connectivity index (χ3n) is 3.25. The lowest BCUT2D eigenvalue weighted by Gasteiger charge is -2.16. The normalized spacial score (nSPS) is 16.9. The summed E-state index contributed by atoms with van der Waals surface area (Å²) >= 11 is 0. The van der Waals surface area contributed by atoms with Crippen molar-refractivity contribution >= 4 is 11.8 Å². The molecule has 0 amide bonds. The highest BCUT2D eigenvalue weighted by Crippen LogP contribution is 2.19. The van der Waals surface area contributed by atoms with Crippen molar-refractivity contribution in [2.45, 2.75) is 44.6 Å². The van der Waals surface area contributed by atoms with Crippen molar-refractivity contribution in [3.63, 3.8) is 0 Å². The third-order valence-corrected chi connectivity index (χ3v) is 3.25. The van der Waals surface area contributed by atoms with Crippen molar-refractivity contribution in [3.8, 4) is 0 Å². The second kappa shape index (κ2) is 6.33. The first-order chi connectivity index (χ1) is 8.79. The summed E-state index contributed by atoms with van der Waals surface area (Å²) in [6, 6.07) is 0.478. The first-order valence-electron chi connectivity index (χ1n) is 6.46. The van der Waals surface area contributed by atoms with E-state index in [1.54, 1.807) is 6.20 Å². The molecular weight excluding hydrogens is 230 g/mol. The molecule has 1 fully saturated rings. The number of rotatable bonds is 3. The van der Waals surface area contributed by atoms with Crippen LogP contribution in [-0.4, -0.2) is 29.1 Å². The predicted molar refractivity (Wildman–Crippen MR) is 68.5 cm³/mol. The van der Waals surface area contributed by atoms with Crippen molar-refractivity contribution < 1.29 is 9.53 Å². The second-order valence-electron chi connectivity index (χ2n) is 4.61. The largest absolute Gasteiger partial charge is 0.464 e. The fourth-order valence-corrected chi connectivity index (χ4v) is 2.25. The van der Waals surface area contributed by atoms with Crippen molar-refractivity contribution in [2.24, 2.45) is 0 Å². The van der Waals surface area contributed by atoms with Crippen LogP contribution in [-0.2, 0) is 4.74 Å². The van der Waals surface area contributed by atoms with E-state index in [1.165, 1.54) is 51.8 Å². The average Bonchev–Trinajstić information content (AvgIpc) is 2.67. The van der Waals surface area contributed by atoms with Gasteiger partial charge in [0.2, 0.25) is 0 Å². The first kappa shape index (κ1) is 12.8. The molecule has 1 aliphatic carbocycles. The number of nitrogens with one attached hydrogen (secondary N) is 1. The van der Waals surface area contributed by atoms with Gasteiger partial charge in [-0.25, -0.2) is 14.8 Å². The summed E-state index contributed by atoms with van der Waals surface area (Å²) in [4.78, 5) is 19.5. The molecule has 1 aliphatic rings. The number of nitrogens with zero attached hydrogens (tertiary/aromatic N) is 2. The molecule has 1 aromatic rings. The maximum atomic E-state index is 11.2. The minimum atomic E-state index is -0.455. The van der Waals surface area contributed by atoms with E-state index < -0.39 is 5.97 Å². The van der Waals surface area contributed by atoms with Crippen molar-refractivity contribution in [1.29, 1.82) is 0 Å². The molecule has 0 unspecified atom stereocenters. The summed E-state index contributed by atoms with van der Waals surface area (Å²) in [5.41, 5.74) is 0.240. The lowest BCUT2D eigenvalue weighted by molar-refractivity contribution is 0.0593. The SMILES string of the molecule is COC(=O)c1cnc(NC2CCCCCC2)cn1. The monoisotopic (exact) mass is 249 g/mol. The van der Waals surface area contributed by atoms with E-state index in [9.17, 15) is 4.79 Å². The minimum Gasteiger partial charge on any atom is -0.464 e. The van der Waals surface area contributed by atoms with Gasteiger partial charge in [0.1, 0.15) is 5.82 Å². The highest BCUT2D eigenvalue weighted by Gasteiger charge is 2.13. The molecule has 0 bridgehead atoms. The highest BCUT2D eigenvalue weighted by molar-refractivity contribution is 5.86. The van der Waals surface area contributed by atoms with Crippen molar-refractivity contribution in [2.75, 3.05) is 12.4 Å². The van der Waals surface area contributed by atoms with Crippen LogP contribution >= 0.6 is 0 Å². The smallest absolute Gasteiger partial charge is 0.358 e. The zero-order chi connectivity index (χ0) is 12.8. The average molecular weight is 249 g/mol. The van der Waals surface area contributed by atoms with E-state index in [1.807, 2.05) is 0 Å². The minimum absolute atomic E-state index is 0.240. The molecule has 98 valence electrons. The van der Waals surface area contributed by atoms with Crippen molar-refractivity contribution in [1.82, 2.24) is 9.97 Å². The Hall–Kier alpha value is -1.65. The fraction of sp³-hybridized carbons (Fsp3) is 0.615. The molecule has 1 heterocycles. The van der Waals surface area contributed by atoms with E-state index >= 15 is 0 Å². The quantitative estimate of drug-likeness (QED) is 0.658. The zero-order valence-corrected chi connectivity index (χ0v) is 10.7. The van der Waals surface area contributed by atoms with Gasteiger partial charge in [0.25, 0.3) is 0 Å². The van der Waals surface area contributed by atoms with Crippen LogP contribution in [0.15, 0.2) is 12.4 Å². The van der Waals surface area contributed by atoms with Gasteiger partial charge in [-0.15, -0.1) is 0 Å². The number of carbonyl (C=O) groups is 1. The van der Waals surface area contributed by atoms with E-state index in [0.29, 0.717) is 6.04 Å². The fourth-order valence-electron chi connectivity index (χ4n) is 2.25. The summed E-state index contributed by atoms with van der Waals surface area (Å²) in [5, 5.41) is 3.38. The van der Waals surface area contributed by atoms with Crippen LogP contribution in [0, 0.1) is 0 Å². The molecular formula is C13H19N3O2. The number of anilines is 1. The molecule has 5 nitrogen and oxygen atoms in total. The van der Waals surface area contributed by atoms with Crippen molar-refractivity contribution in [3.05, 3.63) is 18.1 Å². The van der Waals surface area contributed by atoms with Gasteiger partial charge in [-0.3, -0.25) is 0 Å². The number of aromatic nitrogens is 2. The van der Waals surface area contributed by atoms with Gasteiger partial charge in [-0.1, -0.05) is 25.7 Å². The maximum Gasteiger partial charge on any atom is 0.358 e. The number of carbonyl (C=O) groups excluding carboxylic acids is 1. The number of hydrogen-bond donors (Lipinski definition) is 1. The summed E-state index contributed by atoms with van der Waals surface area (Å²) in [6.45, 7) is 0. The predicted octanol–water partition coefficient (Wildman–Crippen LogP) is 2.40. The molecule has 0 aromatic carbocycles. The molecule has 2 rings (SSSR count). The Morgan fingerprint density at radius 3 is 2.50 bits per heavy atom.